The first kappa shape index (κ1) is 7.41. The van der Waals surface area contributed by atoms with E-state index in [1.54, 1.807) is 6.26 Å². The van der Waals surface area contributed by atoms with Crippen molar-refractivity contribution < 1.29 is 9.47 Å². The summed E-state index contributed by atoms with van der Waals surface area (Å²) in [5.74, 6) is 0.188. The van der Waals surface area contributed by atoms with E-state index in [1.807, 2.05) is 20.8 Å². The van der Waals surface area contributed by atoms with Crippen LogP contribution in [0.4, 0.5) is 0 Å². The number of rotatable bonds is 1. The van der Waals surface area contributed by atoms with Crippen molar-refractivity contribution in [3.63, 3.8) is 0 Å². The summed E-state index contributed by atoms with van der Waals surface area (Å²) < 4.78 is 10.5. The monoisotopic (exact) mass is 143 g/mol. The van der Waals surface area contributed by atoms with Crippen molar-refractivity contribution >= 4 is 0 Å². The van der Waals surface area contributed by atoms with E-state index >= 15 is 0 Å². The normalized spacial score (nSPS) is 24.6. The van der Waals surface area contributed by atoms with Gasteiger partial charge in [-0.15, -0.1) is 0 Å². The molecule has 1 heterocycles. The first-order valence-electron chi connectivity index (χ1n) is 3.34. The molecule has 0 fully saturated rings. The van der Waals surface area contributed by atoms with Gasteiger partial charge in [-0.1, -0.05) is 0 Å². The Bertz CT molecular complexity index is 161. The van der Waals surface area contributed by atoms with Gasteiger partial charge in [0.05, 0.1) is 6.04 Å². The largest absolute Gasteiger partial charge is 0.457 e. The van der Waals surface area contributed by atoms with Gasteiger partial charge in [-0.25, -0.2) is 0 Å². The minimum Gasteiger partial charge on any atom is -0.457 e. The van der Waals surface area contributed by atoms with Crippen LogP contribution in [0.5, 0.6) is 0 Å². The second-order valence-corrected chi connectivity index (χ2v) is 2.93. The highest BCUT2D eigenvalue weighted by Gasteiger charge is 2.28. The molecular weight excluding hydrogens is 130 g/mol. The summed E-state index contributed by atoms with van der Waals surface area (Å²) in [6.45, 7) is 5.55. The predicted octanol–water partition coefficient (Wildman–Crippen LogP) is 0.958. The van der Waals surface area contributed by atoms with E-state index in [-0.39, 0.29) is 6.04 Å². The van der Waals surface area contributed by atoms with Crippen molar-refractivity contribution in [2.24, 2.45) is 5.73 Å². The van der Waals surface area contributed by atoms with Crippen molar-refractivity contribution in [1.82, 2.24) is 0 Å². The fourth-order valence-electron chi connectivity index (χ4n) is 0.732. The lowest BCUT2D eigenvalue weighted by Crippen LogP contribution is -2.25. The average molecular weight is 143 g/mol. The Morgan fingerprint density at radius 3 is 2.40 bits per heavy atom. The van der Waals surface area contributed by atoms with Crippen LogP contribution in [0.3, 0.4) is 0 Å². The SMILES string of the molecule is C[C@H](N)C1=COC(C)(C)O1. The lowest BCUT2D eigenvalue weighted by atomic mass is 10.3. The van der Waals surface area contributed by atoms with Crippen LogP contribution in [0.25, 0.3) is 0 Å². The summed E-state index contributed by atoms with van der Waals surface area (Å²) in [4.78, 5) is 0. The minimum atomic E-state index is -0.525. The molecule has 0 aromatic rings. The summed E-state index contributed by atoms with van der Waals surface area (Å²) in [7, 11) is 0. The molecule has 0 unspecified atom stereocenters. The molecule has 1 aliphatic rings. The first-order chi connectivity index (χ1) is 4.51. The summed E-state index contributed by atoms with van der Waals surface area (Å²) in [5, 5.41) is 0. The Labute approximate surface area is 60.8 Å². The molecule has 3 heteroatoms. The highest BCUT2D eigenvalue weighted by molar-refractivity contribution is 5.01. The van der Waals surface area contributed by atoms with Crippen LogP contribution in [-0.4, -0.2) is 11.8 Å². The maximum absolute atomic E-state index is 5.55. The molecule has 10 heavy (non-hydrogen) atoms. The van der Waals surface area contributed by atoms with Gasteiger partial charge in [-0.2, -0.15) is 0 Å². The molecular formula is C7H13NO2. The Kier molecular flexibility index (Phi) is 1.60. The van der Waals surface area contributed by atoms with Crippen molar-refractivity contribution in [3.05, 3.63) is 12.0 Å². The molecule has 0 spiro atoms. The average Bonchev–Trinajstić information content (AvgIpc) is 2.10. The van der Waals surface area contributed by atoms with Crippen molar-refractivity contribution in [2.75, 3.05) is 0 Å². The summed E-state index contributed by atoms with van der Waals surface area (Å²) in [6.07, 6.45) is 1.57. The van der Waals surface area contributed by atoms with E-state index in [1.165, 1.54) is 0 Å². The molecule has 0 aromatic heterocycles. The zero-order chi connectivity index (χ0) is 7.78. The quantitative estimate of drug-likeness (QED) is 0.594. The van der Waals surface area contributed by atoms with Crippen LogP contribution in [0, 0.1) is 0 Å². The fraction of sp³-hybridized carbons (Fsp3) is 0.714. The predicted molar refractivity (Wildman–Crippen MR) is 38.0 cm³/mol. The zero-order valence-corrected chi connectivity index (χ0v) is 6.55. The molecule has 0 aromatic carbocycles. The topological polar surface area (TPSA) is 44.5 Å². The van der Waals surface area contributed by atoms with Crippen LogP contribution >= 0.6 is 0 Å². The Hall–Kier alpha value is -0.700. The molecule has 58 valence electrons. The van der Waals surface area contributed by atoms with E-state index < -0.39 is 5.79 Å². The number of ether oxygens (including phenoxy) is 2. The van der Waals surface area contributed by atoms with Crippen molar-refractivity contribution in [2.45, 2.75) is 32.6 Å². The number of hydrogen-bond donors (Lipinski definition) is 1. The van der Waals surface area contributed by atoms with Gasteiger partial charge >= 0.3 is 0 Å². The van der Waals surface area contributed by atoms with Crippen LogP contribution in [-0.2, 0) is 9.47 Å². The lowest BCUT2D eigenvalue weighted by molar-refractivity contribution is -0.118. The molecule has 0 saturated heterocycles. The van der Waals surface area contributed by atoms with Gasteiger partial charge < -0.3 is 15.2 Å². The first-order valence-corrected chi connectivity index (χ1v) is 3.34. The van der Waals surface area contributed by atoms with Gasteiger partial charge in [0.25, 0.3) is 0 Å². The molecule has 0 amide bonds. The van der Waals surface area contributed by atoms with Gasteiger partial charge in [0.2, 0.25) is 5.79 Å². The maximum Gasteiger partial charge on any atom is 0.244 e. The molecule has 0 saturated carbocycles. The van der Waals surface area contributed by atoms with Gasteiger partial charge in [0.15, 0.2) is 5.76 Å². The fourth-order valence-corrected chi connectivity index (χ4v) is 0.732. The molecule has 1 rings (SSSR count). The van der Waals surface area contributed by atoms with E-state index in [0.717, 1.165) is 0 Å². The summed E-state index contributed by atoms with van der Waals surface area (Å²) in [6, 6.07) is -0.0817. The van der Waals surface area contributed by atoms with Crippen LogP contribution < -0.4 is 5.73 Å². The van der Waals surface area contributed by atoms with E-state index in [2.05, 4.69) is 0 Å². The highest BCUT2D eigenvalue weighted by Crippen LogP contribution is 2.25. The third-order valence-electron chi connectivity index (χ3n) is 1.27. The van der Waals surface area contributed by atoms with Crippen molar-refractivity contribution in [1.29, 1.82) is 0 Å². The second-order valence-electron chi connectivity index (χ2n) is 2.93. The van der Waals surface area contributed by atoms with Crippen molar-refractivity contribution in [3.8, 4) is 0 Å². The Morgan fingerprint density at radius 1 is 1.60 bits per heavy atom. The van der Waals surface area contributed by atoms with E-state index in [4.69, 9.17) is 15.2 Å². The minimum absolute atomic E-state index is 0.0817. The lowest BCUT2D eigenvalue weighted by Gasteiger charge is -2.19. The van der Waals surface area contributed by atoms with Gasteiger partial charge in [0, 0.05) is 13.8 Å². The molecule has 1 aliphatic heterocycles. The van der Waals surface area contributed by atoms with Gasteiger partial charge in [-0.3, -0.25) is 0 Å². The Morgan fingerprint density at radius 2 is 2.20 bits per heavy atom. The summed E-state index contributed by atoms with van der Waals surface area (Å²) in [5.41, 5.74) is 5.55. The third-order valence-corrected chi connectivity index (χ3v) is 1.27. The Balaban J connectivity index is 2.55. The van der Waals surface area contributed by atoms with E-state index in [9.17, 15) is 0 Å². The third kappa shape index (κ3) is 1.42. The second kappa shape index (κ2) is 2.16. The van der Waals surface area contributed by atoms with E-state index in [0.29, 0.717) is 5.76 Å². The van der Waals surface area contributed by atoms with Crippen LogP contribution in [0.2, 0.25) is 0 Å². The highest BCUT2D eigenvalue weighted by atomic mass is 16.7. The standard InChI is InChI=1S/C7H13NO2/c1-5(8)6-4-9-7(2,3)10-6/h4-5H,8H2,1-3H3/t5-/m0/s1. The zero-order valence-electron chi connectivity index (χ0n) is 6.55. The smallest absolute Gasteiger partial charge is 0.244 e. The molecule has 0 bridgehead atoms. The van der Waals surface area contributed by atoms with Gasteiger partial charge in [-0.05, 0) is 6.92 Å². The van der Waals surface area contributed by atoms with Crippen LogP contribution in [0.15, 0.2) is 12.0 Å². The maximum atomic E-state index is 5.55. The summed E-state index contributed by atoms with van der Waals surface area (Å²) >= 11 is 0. The molecule has 0 aliphatic carbocycles. The molecule has 3 nitrogen and oxygen atoms in total. The molecule has 1 atom stereocenters. The van der Waals surface area contributed by atoms with Crippen LogP contribution in [0.1, 0.15) is 20.8 Å². The molecule has 0 radical (unpaired) electrons. The molecule has 2 N–H and O–H groups in total. The van der Waals surface area contributed by atoms with Gasteiger partial charge in [0.1, 0.15) is 6.26 Å². The number of nitrogens with two attached hydrogens (primary N) is 1. The number of hydrogen-bond acceptors (Lipinski definition) is 3.